The van der Waals surface area contributed by atoms with Gasteiger partial charge in [-0.3, -0.25) is 0 Å². The Morgan fingerprint density at radius 1 is 1.50 bits per heavy atom. The Balaban J connectivity index is 0.000000791. The maximum absolute atomic E-state index is 5.56. The quantitative estimate of drug-likeness (QED) is 0.609. The van der Waals surface area contributed by atoms with Gasteiger partial charge in [0.1, 0.15) is 0 Å². The Hall–Kier alpha value is 0.123. The van der Waals surface area contributed by atoms with E-state index in [1.54, 1.807) is 0 Å². The fraction of sp³-hybridized carbons (Fsp3) is 0.455. The third-order valence-corrected chi connectivity index (χ3v) is 1.84. The molecule has 1 aromatic carbocycles. The van der Waals surface area contributed by atoms with Crippen LogP contribution in [0.25, 0.3) is 0 Å². The first-order valence-corrected chi connectivity index (χ1v) is 11.6. The van der Waals surface area contributed by atoms with Crippen molar-refractivity contribution in [3.63, 3.8) is 0 Å². The molecule has 14 heavy (non-hydrogen) atoms. The standard InChI is InChI=1S/C11H15O.BrH.Zn/c1-4-10(3)12-11-7-5-9(2)6-8-11;;/h5-7,10H,4H2,1-3H3;1H;/q-1;;+2/p-1. The van der Waals surface area contributed by atoms with Crippen molar-refractivity contribution in [2.75, 3.05) is 0 Å². The predicted octanol–water partition coefficient (Wildman–Crippen LogP) is 3.82. The van der Waals surface area contributed by atoms with Crippen molar-refractivity contribution in [2.24, 2.45) is 0 Å². The zero-order chi connectivity index (χ0) is 11.0. The summed E-state index contributed by atoms with van der Waals surface area (Å²) in [4.78, 5) is 0. The zero-order valence-corrected chi connectivity index (χ0v) is 13.6. The first-order valence-electron chi connectivity index (χ1n) is 4.64. The van der Waals surface area contributed by atoms with E-state index >= 15 is 0 Å². The molecule has 1 rings (SSSR count). The Bertz CT molecular complexity index is 236. The van der Waals surface area contributed by atoms with Gasteiger partial charge in [0.25, 0.3) is 0 Å². The molecule has 74 valence electrons. The summed E-state index contributed by atoms with van der Waals surface area (Å²) in [5.41, 5.74) is 1.21. The molecule has 0 amide bonds. The van der Waals surface area contributed by atoms with Gasteiger partial charge >= 0.3 is 30.0 Å². The van der Waals surface area contributed by atoms with E-state index in [1.807, 2.05) is 25.1 Å². The molecular formula is C11H15BrOZn. The summed E-state index contributed by atoms with van der Waals surface area (Å²) in [7, 11) is 0. The first-order chi connectivity index (χ1) is 6.72. The van der Waals surface area contributed by atoms with Crippen molar-refractivity contribution < 1.29 is 21.1 Å². The SMILES string of the molecule is CCC(C)Oc1[c-]cc(C)cc1.[Zn+][Br]. The molecule has 0 aliphatic heterocycles. The third-order valence-electron chi connectivity index (χ3n) is 1.84. The summed E-state index contributed by atoms with van der Waals surface area (Å²) in [6.07, 6.45) is 1.31. The molecule has 1 unspecified atom stereocenters. The number of benzene rings is 1. The average molecular weight is 309 g/mol. The molecule has 0 aliphatic carbocycles. The van der Waals surface area contributed by atoms with Gasteiger partial charge in [0.15, 0.2) is 0 Å². The summed E-state index contributed by atoms with van der Waals surface area (Å²) >= 11 is 4.25. The van der Waals surface area contributed by atoms with Crippen LogP contribution in [0.3, 0.4) is 0 Å². The molecule has 0 saturated heterocycles. The van der Waals surface area contributed by atoms with Crippen molar-refractivity contribution in [3.8, 4) is 5.75 Å². The molecule has 1 atom stereocenters. The Morgan fingerprint density at radius 3 is 2.57 bits per heavy atom. The molecule has 0 heterocycles. The van der Waals surface area contributed by atoms with E-state index in [9.17, 15) is 0 Å². The van der Waals surface area contributed by atoms with Gasteiger partial charge in [0.05, 0.1) is 6.10 Å². The number of halogens is 1. The Morgan fingerprint density at radius 2 is 2.14 bits per heavy atom. The van der Waals surface area contributed by atoms with Gasteiger partial charge in [-0.05, 0) is 13.3 Å². The van der Waals surface area contributed by atoms with Crippen molar-refractivity contribution in [1.82, 2.24) is 0 Å². The molecule has 1 aromatic rings. The van der Waals surface area contributed by atoms with Crippen LogP contribution in [0.15, 0.2) is 18.2 Å². The van der Waals surface area contributed by atoms with Gasteiger partial charge in [-0.25, -0.2) is 0 Å². The van der Waals surface area contributed by atoms with E-state index in [2.05, 4.69) is 33.5 Å². The molecule has 0 saturated carbocycles. The summed E-state index contributed by atoms with van der Waals surface area (Å²) in [6, 6.07) is 9.02. The molecule has 0 spiro atoms. The van der Waals surface area contributed by atoms with Crippen molar-refractivity contribution >= 4 is 13.6 Å². The number of ether oxygens (including phenoxy) is 1. The molecule has 0 radical (unpaired) electrons. The summed E-state index contributed by atoms with van der Waals surface area (Å²) in [5.74, 6) is 0.843. The van der Waals surface area contributed by atoms with Gasteiger partial charge in [0, 0.05) is 5.75 Å². The Kier molecular flexibility index (Phi) is 8.51. The number of hydrogen-bond donors (Lipinski definition) is 0. The molecule has 0 fully saturated rings. The number of hydrogen-bond acceptors (Lipinski definition) is 1. The van der Waals surface area contributed by atoms with E-state index in [0.29, 0.717) is 0 Å². The van der Waals surface area contributed by atoms with E-state index in [0.717, 1.165) is 12.2 Å². The van der Waals surface area contributed by atoms with Crippen molar-refractivity contribution in [1.29, 1.82) is 0 Å². The topological polar surface area (TPSA) is 9.23 Å². The van der Waals surface area contributed by atoms with Crippen LogP contribution in [0.5, 0.6) is 5.75 Å². The molecule has 1 nitrogen and oxygen atoms in total. The second-order valence-corrected chi connectivity index (χ2v) is 3.07. The minimum atomic E-state index is 0.281. The van der Waals surface area contributed by atoms with Crippen LogP contribution in [0.2, 0.25) is 0 Å². The average Bonchev–Trinajstić information content (AvgIpc) is 2.24. The molecule has 0 aliphatic rings. The van der Waals surface area contributed by atoms with Gasteiger partial charge in [-0.2, -0.15) is 17.7 Å². The molecule has 3 heteroatoms. The molecule has 0 bridgehead atoms. The van der Waals surface area contributed by atoms with Crippen LogP contribution in [0, 0.1) is 13.0 Å². The van der Waals surface area contributed by atoms with Crippen LogP contribution in [0.4, 0.5) is 0 Å². The minimum absolute atomic E-state index is 0.281. The fourth-order valence-electron chi connectivity index (χ4n) is 0.862. The Labute approximate surface area is 103 Å². The second kappa shape index (κ2) is 8.43. The maximum atomic E-state index is 5.56. The molecule has 0 aromatic heterocycles. The summed E-state index contributed by atoms with van der Waals surface area (Å²) in [6.45, 7) is 6.22. The second-order valence-electron chi connectivity index (χ2n) is 3.07. The van der Waals surface area contributed by atoms with Gasteiger partial charge in [0.2, 0.25) is 0 Å². The third kappa shape index (κ3) is 5.77. The van der Waals surface area contributed by atoms with Crippen molar-refractivity contribution in [2.45, 2.75) is 33.3 Å². The summed E-state index contributed by atoms with van der Waals surface area (Å²) in [5, 5.41) is 0. The monoisotopic (exact) mass is 306 g/mol. The number of rotatable bonds is 3. The van der Waals surface area contributed by atoms with Crippen LogP contribution < -0.4 is 4.74 Å². The van der Waals surface area contributed by atoms with Gasteiger partial charge in [-0.1, -0.05) is 13.8 Å². The van der Waals surface area contributed by atoms with Gasteiger partial charge < -0.3 is 4.74 Å². The summed E-state index contributed by atoms with van der Waals surface area (Å²) < 4.78 is 5.56. The van der Waals surface area contributed by atoms with E-state index in [1.165, 1.54) is 21.9 Å². The van der Waals surface area contributed by atoms with E-state index in [-0.39, 0.29) is 6.10 Å². The first kappa shape index (κ1) is 14.1. The number of aryl methyl sites for hydroxylation is 1. The van der Waals surface area contributed by atoms with E-state index in [4.69, 9.17) is 4.74 Å². The predicted molar refractivity (Wildman–Crippen MR) is 59.3 cm³/mol. The van der Waals surface area contributed by atoms with E-state index < -0.39 is 0 Å². The van der Waals surface area contributed by atoms with Gasteiger partial charge in [-0.15, -0.1) is 12.1 Å². The fourth-order valence-corrected chi connectivity index (χ4v) is 0.862. The molecular weight excluding hydrogens is 293 g/mol. The van der Waals surface area contributed by atoms with Crippen LogP contribution in [-0.2, 0) is 16.3 Å². The van der Waals surface area contributed by atoms with Crippen LogP contribution in [0.1, 0.15) is 25.8 Å². The van der Waals surface area contributed by atoms with Crippen LogP contribution in [-0.4, -0.2) is 6.10 Å². The van der Waals surface area contributed by atoms with Crippen LogP contribution >= 0.6 is 13.6 Å². The van der Waals surface area contributed by atoms with Crippen molar-refractivity contribution in [3.05, 3.63) is 29.8 Å². The normalized spacial score (nSPS) is 11.3. The molecule has 0 N–H and O–H groups in total. The zero-order valence-electron chi connectivity index (χ0n) is 9.01.